The molecule has 1 aromatic heterocycles. The van der Waals surface area contributed by atoms with Crippen molar-refractivity contribution in [3.05, 3.63) is 53.5 Å². The fourth-order valence-corrected chi connectivity index (χ4v) is 1.36. The van der Waals surface area contributed by atoms with Crippen LogP contribution in [0.1, 0.15) is 17.1 Å². The Labute approximate surface area is 86.7 Å². The molecule has 0 aliphatic rings. The molecule has 15 heavy (non-hydrogen) atoms. The Kier molecular flexibility index (Phi) is 2.78. The van der Waals surface area contributed by atoms with Crippen LogP contribution < -0.4 is 5.73 Å². The zero-order valence-electron chi connectivity index (χ0n) is 8.11. The van der Waals surface area contributed by atoms with Crippen LogP contribution in [0.15, 0.2) is 34.9 Å². The van der Waals surface area contributed by atoms with E-state index in [4.69, 9.17) is 10.2 Å². The maximum Gasteiger partial charge on any atom is 0.207 e. The first-order valence-corrected chi connectivity index (χ1v) is 4.66. The molecule has 78 valence electrons. The lowest BCUT2D eigenvalue weighted by atomic mass is 10.1. The Morgan fingerprint density at radius 1 is 1.33 bits per heavy atom. The summed E-state index contributed by atoms with van der Waals surface area (Å²) in [5, 5.41) is 0. The SMILES string of the molecule is NCc1nc(Cc2ccccc2F)co1. The van der Waals surface area contributed by atoms with Gasteiger partial charge in [-0.15, -0.1) is 0 Å². The molecule has 0 amide bonds. The van der Waals surface area contributed by atoms with Gasteiger partial charge in [0.25, 0.3) is 0 Å². The van der Waals surface area contributed by atoms with Crippen LogP contribution in [0.25, 0.3) is 0 Å². The first kappa shape index (κ1) is 9.86. The molecule has 0 atom stereocenters. The average molecular weight is 206 g/mol. The van der Waals surface area contributed by atoms with Crippen LogP contribution in [-0.4, -0.2) is 4.98 Å². The van der Waals surface area contributed by atoms with Gasteiger partial charge in [0.15, 0.2) is 0 Å². The fraction of sp³-hybridized carbons (Fsp3) is 0.182. The highest BCUT2D eigenvalue weighted by molar-refractivity contribution is 5.22. The number of oxazole rings is 1. The van der Waals surface area contributed by atoms with Gasteiger partial charge in [0.2, 0.25) is 5.89 Å². The molecule has 0 fully saturated rings. The van der Waals surface area contributed by atoms with Crippen molar-refractivity contribution in [2.75, 3.05) is 0 Å². The third kappa shape index (κ3) is 2.22. The molecule has 1 heterocycles. The van der Waals surface area contributed by atoms with Gasteiger partial charge in [0.05, 0.1) is 12.2 Å². The molecule has 3 nitrogen and oxygen atoms in total. The molecule has 0 unspecified atom stereocenters. The van der Waals surface area contributed by atoms with Crippen LogP contribution in [0.2, 0.25) is 0 Å². The minimum absolute atomic E-state index is 0.227. The van der Waals surface area contributed by atoms with E-state index >= 15 is 0 Å². The number of aromatic nitrogens is 1. The molecule has 0 radical (unpaired) electrons. The molecular weight excluding hydrogens is 195 g/mol. The van der Waals surface area contributed by atoms with Crippen molar-refractivity contribution in [1.82, 2.24) is 4.98 Å². The summed E-state index contributed by atoms with van der Waals surface area (Å²) in [7, 11) is 0. The van der Waals surface area contributed by atoms with Crippen molar-refractivity contribution >= 4 is 0 Å². The Balaban J connectivity index is 2.18. The summed E-state index contributed by atoms with van der Waals surface area (Å²) >= 11 is 0. The van der Waals surface area contributed by atoms with Gasteiger partial charge >= 0.3 is 0 Å². The standard InChI is InChI=1S/C11H11FN2O/c12-10-4-2-1-3-8(10)5-9-7-15-11(6-13)14-9/h1-4,7H,5-6,13H2. The van der Waals surface area contributed by atoms with E-state index in [0.717, 1.165) is 0 Å². The highest BCUT2D eigenvalue weighted by atomic mass is 19.1. The van der Waals surface area contributed by atoms with E-state index in [1.165, 1.54) is 12.3 Å². The van der Waals surface area contributed by atoms with Gasteiger partial charge in [-0.3, -0.25) is 0 Å². The first-order valence-electron chi connectivity index (χ1n) is 4.66. The van der Waals surface area contributed by atoms with Gasteiger partial charge in [-0.05, 0) is 11.6 Å². The highest BCUT2D eigenvalue weighted by Crippen LogP contribution is 2.12. The van der Waals surface area contributed by atoms with Crippen LogP contribution in [0, 0.1) is 5.82 Å². The number of nitrogens with zero attached hydrogens (tertiary/aromatic N) is 1. The second-order valence-corrected chi connectivity index (χ2v) is 3.20. The van der Waals surface area contributed by atoms with Crippen molar-refractivity contribution in [1.29, 1.82) is 0 Å². The molecule has 0 bridgehead atoms. The Bertz CT molecular complexity index is 453. The van der Waals surface area contributed by atoms with Gasteiger partial charge in [0, 0.05) is 6.42 Å². The minimum atomic E-state index is -0.227. The smallest absolute Gasteiger partial charge is 0.207 e. The van der Waals surface area contributed by atoms with Crippen molar-refractivity contribution in [2.24, 2.45) is 5.73 Å². The van der Waals surface area contributed by atoms with E-state index in [2.05, 4.69) is 4.98 Å². The summed E-state index contributed by atoms with van der Waals surface area (Å²) in [6, 6.07) is 6.61. The molecule has 1 aromatic carbocycles. The maximum absolute atomic E-state index is 13.3. The van der Waals surface area contributed by atoms with Crippen molar-refractivity contribution < 1.29 is 8.81 Å². The maximum atomic E-state index is 13.3. The van der Waals surface area contributed by atoms with E-state index in [1.54, 1.807) is 18.2 Å². The van der Waals surface area contributed by atoms with Gasteiger partial charge in [-0.2, -0.15) is 0 Å². The lowest BCUT2D eigenvalue weighted by Crippen LogP contribution is -1.97. The first-order chi connectivity index (χ1) is 7.29. The molecule has 2 N–H and O–H groups in total. The molecule has 0 saturated carbocycles. The van der Waals surface area contributed by atoms with Crippen LogP contribution in [0.3, 0.4) is 0 Å². The van der Waals surface area contributed by atoms with Gasteiger partial charge in [0.1, 0.15) is 12.1 Å². The molecule has 2 aromatic rings. The van der Waals surface area contributed by atoms with Crippen LogP contribution in [0.4, 0.5) is 4.39 Å². The molecule has 2 rings (SSSR count). The lowest BCUT2D eigenvalue weighted by molar-refractivity contribution is 0.497. The third-order valence-electron chi connectivity index (χ3n) is 2.10. The summed E-state index contributed by atoms with van der Waals surface area (Å²) in [4.78, 5) is 4.11. The van der Waals surface area contributed by atoms with Crippen LogP contribution >= 0.6 is 0 Å². The Hall–Kier alpha value is -1.68. The normalized spacial score (nSPS) is 10.5. The topological polar surface area (TPSA) is 52.0 Å². The number of rotatable bonds is 3. The van der Waals surface area contributed by atoms with E-state index in [9.17, 15) is 4.39 Å². The zero-order chi connectivity index (χ0) is 10.7. The van der Waals surface area contributed by atoms with Crippen molar-refractivity contribution in [3.8, 4) is 0 Å². The number of nitrogens with two attached hydrogens (primary N) is 1. The van der Waals surface area contributed by atoms with Crippen LogP contribution in [0.5, 0.6) is 0 Å². The lowest BCUT2D eigenvalue weighted by Gasteiger charge is -1.98. The summed E-state index contributed by atoms with van der Waals surface area (Å²) < 4.78 is 18.3. The predicted molar refractivity (Wildman–Crippen MR) is 53.6 cm³/mol. The number of hydrogen-bond acceptors (Lipinski definition) is 3. The van der Waals surface area contributed by atoms with Gasteiger partial charge < -0.3 is 10.2 Å². The highest BCUT2D eigenvalue weighted by Gasteiger charge is 2.06. The molecule has 0 aliphatic heterocycles. The number of hydrogen-bond donors (Lipinski definition) is 1. The third-order valence-corrected chi connectivity index (χ3v) is 2.10. The average Bonchev–Trinajstić information content (AvgIpc) is 2.69. The van der Waals surface area contributed by atoms with E-state index in [0.29, 0.717) is 23.6 Å². The van der Waals surface area contributed by atoms with Gasteiger partial charge in [-0.1, -0.05) is 18.2 Å². The molecule has 0 spiro atoms. The Morgan fingerprint density at radius 2 is 2.13 bits per heavy atom. The second-order valence-electron chi connectivity index (χ2n) is 3.20. The predicted octanol–water partition coefficient (Wildman–Crippen LogP) is 1.86. The van der Waals surface area contributed by atoms with E-state index < -0.39 is 0 Å². The van der Waals surface area contributed by atoms with Gasteiger partial charge in [-0.25, -0.2) is 9.37 Å². The molecule has 0 saturated heterocycles. The summed E-state index contributed by atoms with van der Waals surface area (Å²) in [6.07, 6.45) is 1.94. The zero-order valence-corrected chi connectivity index (χ0v) is 8.11. The van der Waals surface area contributed by atoms with E-state index in [1.807, 2.05) is 0 Å². The number of benzene rings is 1. The molecule has 4 heteroatoms. The monoisotopic (exact) mass is 206 g/mol. The minimum Gasteiger partial charge on any atom is -0.447 e. The summed E-state index contributed by atoms with van der Waals surface area (Å²) in [6.45, 7) is 0.261. The Morgan fingerprint density at radius 3 is 2.80 bits per heavy atom. The van der Waals surface area contributed by atoms with Crippen molar-refractivity contribution in [3.63, 3.8) is 0 Å². The molecule has 0 aliphatic carbocycles. The summed E-state index contributed by atoms with van der Waals surface area (Å²) in [5.41, 5.74) is 6.66. The fourth-order valence-electron chi connectivity index (χ4n) is 1.36. The van der Waals surface area contributed by atoms with E-state index in [-0.39, 0.29) is 12.4 Å². The largest absolute Gasteiger partial charge is 0.447 e. The second kappa shape index (κ2) is 4.23. The summed E-state index contributed by atoms with van der Waals surface area (Å²) in [5.74, 6) is 0.246. The molecular formula is C11H11FN2O. The quantitative estimate of drug-likeness (QED) is 0.833. The number of halogens is 1. The van der Waals surface area contributed by atoms with Crippen LogP contribution in [-0.2, 0) is 13.0 Å². The van der Waals surface area contributed by atoms with Crippen molar-refractivity contribution in [2.45, 2.75) is 13.0 Å².